The van der Waals surface area contributed by atoms with Crippen molar-refractivity contribution in [3.63, 3.8) is 0 Å². The smallest absolute Gasteiger partial charge is 0.426 e. The number of carbonyl (C=O) groups is 2. The van der Waals surface area contributed by atoms with E-state index in [0.717, 1.165) is 0 Å². The second-order valence-electron chi connectivity index (χ2n) is 4.28. The maximum Gasteiger partial charge on any atom is 0.426 e. The van der Waals surface area contributed by atoms with Gasteiger partial charge in [-0.3, -0.25) is 10.2 Å². The number of rotatable bonds is 1. The summed E-state index contributed by atoms with van der Waals surface area (Å²) in [5.41, 5.74) is 3.45. The molecule has 0 saturated carbocycles. The minimum atomic E-state index is -0.782. The average Bonchev–Trinajstić information content (AvgIpc) is 2.24. The normalized spacial score (nSPS) is 10.7. The zero-order chi connectivity index (χ0) is 13.8. The Bertz CT molecular complexity index is 459. The Morgan fingerprint density at radius 2 is 1.83 bits per heavy atom. The van der Waals surface area contributed by atoms with E-state index in [1.807, 2.05) is 0 Å². The number of nitrogens with one attached hydrogen (secondary N) is 2. The van der Waals surface area contributed by atoms with Crippen molar-refractivity contribution in [3.05, 3.63) is 23.2 Å². The predicted molar refractivity (Wildman–Crippen MR) is 63.9 cm³/mol. The predicted octanol–water partition coefficient (Wildman–Crippen LogP) is 1.30. The quantitative estimate of drug-likeness (QED) is 0.752. The number of hydrazine groups is 1. The van der Waals surface area contributed by atoms with E-state index < -0.39 is 17.6 Å². The van der Waals surface area contributed by atoms with Crippen molar-refractivity contribution in [3.8, 4) is 0 Å². The van der Waals surface area contributed by atoms with Gasteiger partial charge in [0.05, 0.1) is 0 Å². The molecular formula is C10H13ClN4O3. The Morgan fingerprint density at radius 1 is 1.22 bits per heavy atom. The minimum Gasteiger partial charge on any atom is -0.443 e. The fraction of sp³-hybridized carbons (Fsp3) is 0.400. The second kappa shape index (κ2) is 5.63. The number of ether oxygens (including phenoxy) is 1. The van der Waals surface area contributed by atoms with Crippen LogP contribution < -0.4 is 10.9 Å². The Labute approximate surface area is 109 Å². The molecule has 1 heterocycles. The lowest BCUT2D eigenvalue weighted by Gasteiger charge is -2.19. The summed E-state index contributed by atoms with van der Waals surface area (Å²) in [6, 6.07) is 0. The third-order valence-electron chi connectivity index (χ3n) is 1.55. The van der Waals surface area contributed by atoms with Crippen LogP contribution in [-0.4, -0.2) is 27.6 Å². The first kappa shape index (κ1) is 14.2. The fourth-order valence-electron chi connectivity index (χ4n) is 0.944. The number of halogens is 1. The summed E-state index contributed by atoms with van der Waals surface area (Å²) in [4.78, 5) is 30.2. The van der Waals surface area contributed by atoms with E-state index in [9.17, 15) is 9.59 Å². The average molecular weight is 273 g/mol. The molecule has 98 valence electrons. The molecule has 1 aromatic rings. The first-order valence-electron chi connectivity index (χ1n) is 5.05. The van der Waals surface area contributed by atoms with Gasteiger partial charge in [-0.2, -0.15) is 0 Å². The zero-order valence-corrected chi connectivity index (χ0v) is 10.9. The Hall–Kier alpha value is -1.89. The van der Waals surface area contributed by atoms with Crippen LogP contribution in [0.4, 0.5) is 4.79 Å². The molecule has 0 radical (unpaired) electrons. The molecule has 0 aliphatic heterocycles. The topological polar surface area (TPSA) is 93.2 Å². The van der Waals surface area contributed by atoms with E-state index in [-0.39, 0.29) is 10.8 Å². The molecule has 0 spiro atoms. The third kappa shape index (κ3) is 4.54. The zero-order valence-electron chi connectivity index (χ0n) is 10.2. The van der Waals surface area contributed by atoms with Gasteiger partial charge >= 0.3 is 6.09 Å². The fourth-order valence-corrected chi connectivity index (χ4v) is 1.13. The van der Waals surface area contributed by atoms with Crippen LogP contribution in [0.2, 0.25) is 5.15 Å². The lowest BCUT2D eigenvalue weighted by atomic mass is 10.2. The van der Waals surface area contributed by atoms with Gasteiger partial charge in [-0.1, -0.05) is 11.6 Å². The molecular weight excluding hydrogens is 260 g/mol. The molecule has 1 aromatic heterocycles. The molecule has 0 fully saturated rings. The van der Waals surface area contributed by atoms with Crippen LogP contribution in [0.15, 0.2) is 12.4 Å². The van der Waals surface area contributed by atoms with E-state index in [4.69, 9.17) is 16.3 Å². The SMILES string of the molecule is CC(C)(C)OC(=O)NNC(=O)c1nccnc1Cl. The highest BCUT2D eigenvalue weighted by Gasteiger charge is 2.18. The van der Waals surface area contributed by atoms with Gasteiger partial charge in [-0.25, -0.2) is 20.2 Å². The van der Waals surface area contributed by atoms with E-state index in [2.05, 4.69) is 20.8 Å². The lowest BCUT2D eigenvalue weighted by Crippen LogP contribution is -2.44. The Kier molecular flexibility index (Phi) is 4.43. The highest BCUT2D eigenvalue weighted by molar-refractivity contribution is 6.32. The molecule has 0 unspecified atom stereocenters. The lowest BCUT2D eigenvalue weighted by molar-refractivity contribution is 0.0483. The largest absolute Gasteiger partial charge is 0.443 e. The van der Waals surface area contributed by atoms with Crippen molar-refractivity contribution >= 4 is 23.6 Å². The maximum absolute atomic E-state index is 11.6. The van der Waals surface area contributed by atoms with Crippen LogP contribution in [0, 0.1) is 0 Å². The summed E-state index contributed by atoms with van der Waals surface area (Å²) in [6.07, 6.45) is 1.88. The first-order chi connectivity index (χ1) is 8.29. The third-order valence-corrected chi connectivity index (χ3v) is 1.82. The van der Waals surface area contributed by atoms with Gasteiger partial charge in [0.1, 0.15) is 5.60 Å². The standard InChI is InChI=1S/C10H13ClN4O3/c1-10(2,3)18-9(17)15-14-8(16)6-7(11)13-5-4-12-6/h4-5H,1-3H3,(H,14,16)(H,15,17). The van der Waals surface area contributed by atoms with Gasteiger partial charge in [-0.05, 0) is 20.8 Å². The summed E-state index contributed by atoms with van der Waals surface area (Å²) in [5, 5.41) is -0.0546. The van der Waals surface area contributed by atoms with Crippen LogP contribution in [0.3, 0.4) is 0 Å². The molecule has 0 bridgehead atoms. The molecule has 0 aliphatic carbocycles. The Morgan fingerprint density at radius 3 is 2.39 bits per heavy atom. The van der Waals surface area contributed by atoms with E-state index in [0.29, 0.717) is 0 Å². The number of carbonyl (C=O) groups excluding carboxylic acids is 2. The second-order valence-corrected chi connectivity index (χ2v) is 4.63. The van der Waals surface area contributed by atoms with E-state index in [1.54, 1.807) is 20.8 Å². The van der Waals surface area contributed by atoms with Crippen LogP contribution in [0.5, 0.6) is 0 Å². The van der Waals surface area contributed by atoms with Crippen molar-refractivity contribution in [2.75, 3.05) is 0 Å². The molecule has 0 aromatic carbocycles. The molecule has 2 N–H and O–H groups in total. The highest BCUT2D eigenvalue weighted by atomic mass is 35.5. The molecule has 2 amide bonds. The van der Waals surface area contributed by atoms with Crippen LogP contribution in [-0.2, 0) is 4.74 Å². The van der Waals surface area contributed by atoms with Gasteiger partial charge in [0.2, 0.25) is 0 Å². The van der Waals surface area contributed by atoms with Crippen molar-refractivity contribution in [1.29, 1.82) is 0 Å². The van der Waals surface area contributed by atoms with Gasteiger partial charge in [0, 0.05) is 12.4 Å². The minimum absolute atomic E-state index is 0.0546. The molecule has 7 nitrogen and oxygen atoms in total. The van der Waals surface area contributed by atoms with E-state index in [1.165, 1.54) is 12.4 Å². The number of hydrogen-bond acceptors (Lipinski definition) is 5. The van der Waals surface area contributed by atoms with Crippen molar-refractivity contribution < 1.29 is 14.3 Å². The first-order valence-corrected chi connectivity index (χ1v) is 5.43. The summed E-state index contributed by atoms with van der Waals surface area (Å²) in [5.74, 6) is -0.682. The van der Waals surface area contributed by atoms with Crippen LogP contribution >= 0.6 is 11.6 Å². The highest BCUT2D eigenvalue weighted by Crippen LogP contribution is 2.08. The summed E-state index contributed by atoms with van der Waals surface area (Å²) < 4.78 is 4.92. The number of aromatic nitrogens is 2. The molecule has 0 aliphatic rings. The summed E-state index contributed by atoms with van der Waals surface area (Å²) in [7, 11) is 0. The van der Waals surface area contributed by atoms with E-state index >= 15 is 0 Å². The van der Waals surface area contributed by atoms with Crippen molar-refractivity contribution in [2.45, 2.75) is 26.4 Å². The molecule has 0 saturated heterocycles. The number of amides is 2. The maximum atomic E-state index is 11.6. The number of hydrogen-bond donors (Lipinski definition) is 2. The monoisotopic (exact) mass is 272 g/mol. The number of nitrogens with zero attached hydrogens (tertiary/aromatic N) is 2. The van der Waals surface area contributed by atoms with Crippen molar-refractivity contribution in [2.24, 2.45) is 0 Å². The molecule has 18 heavy (non-hydrogen) atoms. The van der Waals surface area contributed by atoms with Crippen LogP contribution in [0.25, 0.3) is 0 Å². The van der Waals surface area contributed by atoms with Gasteiger partial charge in [0.25, 0.3) is 5.91 Å². The molecule has 1 rings (SSSR count). The van der Waals surface area contributed by atoms with Crippen molar-refractivity contribution in [1.82, 2.24) is 20.8 Å². The molecule has 0 atom stereocenters. The molecule has 8 heteroatoms. The summed E-state index contributed by atoms with van der Waals surface area (Å²) in [6.45, 7) is 5.11. The van der Waals surface area contributed by atoms with Gasteiger partial charge in [0.15, 0.2) is 10.8 Å². The van der Waals surface area contributed by atoms with Crippen LogP contribution in [0.1, 0.15) is 31.3 Å². The van der Waals surface area contributed by atoms with Gasteiger partial charge < -0.3 is 4.74 Å². The van der Waals surface area contributed by atoms with Gasteiger partial charge in [-0.15, -0.1) is 0 Å². The Balaban J connectivity index is 2.52. The summed E-state index contributed by atoms with van der Waals surface area (Å²) >= 11 is 5.66.